The molecule has 0 atom stereocenters. The highest BCUT2D eigenvalue weighted by molar-refractivity contribution is 5.96. The van der Waals surface area contributed by atoms with Gasteiger partial charge in [0.05, 0.1) is 7.11 Å². The lowest BCUT2D eigenvalue weighted by Gasteiger charge is -2.10. The van der Waals surface area contributed by atoms with Gasteiger partial charge in [-0.15, -0.1) is 0 Å². The average molecular weight is 178 g/mol. The first-order chi connectivity index (χ1) is 6.07. The number of rotatable bonds is 2. The maximum Gasteiger partial charge on any atom is 0.160 e. The highest BCUT2D eigenvalue weighted by Gasteiger charge is 2.08. The average Bonchev–Trinajstić information content (AvgIpc) is 2.09. The maximum absolute atomic E-state index is 11.2. The summed E-state index contributed by atoms with van der Waals surface area (Å²) in [4.78, 5) is 11.2. The van der Waals surface area contributed by atoms with Crippen LogP contribution in [0.4, 0.5) is 0 Å². The van der Waals surface area contributed by atoms with Gasteiger partial charge < -0.3 is 4.74 Å². The Balaban J connectivity index is 3.31. The second-order valence-corrected chi connectivity index (χ2v) is 3.12. The van der Waals surface area contributed by atoms with E-state index < -0.39 is 0 Å². The summed E-state index contributed by atoms with van der Waals surface area (Å²) in [6.45, 7) is 5.48. The summed E-state index contributed by atoms with van der Waals surface area (Å²) in [5, 5.41) is 0. The molecule has 0 unspecified atom stereocenters. The van der Waals surface area contributed by atoms with Crippen molar-refractivity contribution < 1.29 is 9.53 Å². The van der Waals surface area contributed by atoms with Crippen LogP contribution in [0.1, 0.15) is 28.4 Å². The lowest BCUT2D eigenvalue weighted by atomic mass is 10.00. The molecule has 0 spiro atoms. The Morgan fingerprint density at radius 3 is 2.31 bits per heavy atom. The molecule has 0 aliphatic heterocycles. The molecular weight excluding hydrogens is 164 g/mol. The molecule has 0 N–H and O–H groups in total. The van der Waals surface area contributed by atoms with Crippen molar-refractivity contribution in [1.29, 1.82) is 0 Å². The van der Waals surface area contributed by atoms with E-state index in [0.717, 1.165) is 22.4 Å². The maximum atomic E-state index is 11.2. The van der Waals surface area contributed by atoms with Crippen molar-refractivity contribution in [3.05, 3.63) is 28.8 Å². The van der Waals surface area contributed by atoms with E-state index in [9.17, 15) is 4.79 Å². The Morgan fingerprint density at radius 1 is 1.23 bits per heavy atom. The van der Waals surface area contributed by atoms with E-state index in [1.54, 1.807) is 14.0 Å². The third-order valence-electron chi connectivity index (χ3n) is 2.34. The summed E-state index contributed by atoms with van der Waals surface area (Å²) in [5.41, 5.74) is 2.82. The van der Waals surface area contributed by atoms with Crippen LogP contribution >= 0.6 is 0 Å². The summed E-state index contributed by atoms with van der Waals surface area (Å²) in [5.74, 6) is 0.936. The van der Waals surface area contributed by atoms with E-state index in [4.69, 9.17) is 4.74 Å². The van der Waals surface area contributed by atoms with E-state index in [1.165, 1.54) is 0 Å². The Bertz CT molecular complexity index is 340. The smallest absolute Gasteiger partial charge is 0.160 e. The molecule has 70 valence electrons. The molecule has 0 heterocycles. The number of benzene rings is 1. The predicted octanol–water partition coefficient (Wildman–Crippen LogP) is 2.51. The molecule has 0 aliphatic rings. The summed E-state index contributed by atoms with van der Waals surface area (Å²) in [6.07, 6.45) is 0. The quantitative estimate of drug-likeness (QED) is 0.650. The van der Waals surface area contributed by atoms with Crippen LogP contribution in [0, 0.1) is 13.8 Å². The van der Waals surface area contributed by atoms with E-state index in [2.05, 4.69) is 0 Å². The lowest BCUT2D eigenvalue weighted by Crippen LogP contribution is -1.99. The number of hydrogen-bond donors (Lipinski definition) is 0. The number of ketones is 1. The number of ether oxygens (including phenoxy) is 1. The predicted molar refractivity (Wildman–Crippen MR) is 52.5 cm³/mol. The molecule has 1 aromatic carbocycles. The normalized spacial score (nSPS) is 9.85. The van der Waals surface area contributed by atoms with Crippen LogP contribution in [0.25, 0.3) is 0 Å². The van der Waals surface area contributed by atoms with Gasteiger partial charge in [0.25, 0.3) is 0 Å². The SMILES string of the molecule is COc1ccc(C(C)=O)c(C)c1C. The second kappa shape index (κ2) is 3.60. The third-order valence-corrected chi connectivity index (χ3v) is 2.34. The molecule has 2 nitrogen and oxygen atoms in total. The van der Waals surface area contributed by atoms with Gasteiger partial charge in [-0.2, -0.15) is 0 Å². The van der Waals surface area contributed by atoms with E-state index >= 15 is 0 Å². The van der Waals surface area contributed by atoms with Crippen molar-refractivity contribution in [2.45, 2.75) is 20.8 Å². The van der Waals surface area contributed by atoms with Crippen LogP contribution in [0.5, 0.6) is 5.75 Å². The van der Waals surface area contributed by atoms with Gasteiger partial charge in [-0.3, -0.25) is 4.79 Å². The van der Waals surface area contributed by atoms with E-state index in [0.29, 0.717) is 0 Å². The van der Waals surface area contributed by atoms with Crippen molar-refractivity contribution >= 4 is 5.78 Å². The first-order valence-corrected chi connectivity index (χ1v) is 4.23. The van der Waals surface area contributed by atoms with Crippen LogP contribution in [-0.2, 0) is 0 Å². The minimum absolute atomic E-state index is 0.100. The minimum Gasteiger partial charge on any atom is -0.496 e. The van der Waals surface area contributed by atoms with Crippen LogP contribution < -0.4 is 4.74 Å². The summed E-state index contributed by atoms with van der Waals surface area (Å²) in [6, 6.07) is 3.64. The van der Waals surface area contributed by atoms with Gasteiger partial charge in [-0.1, -0.05) is 0 Å². The lowest BCUT2D eigenvalue weighted by molar-refractivity contribution is 0.101. The van der Waals surface area contributed by atoms with E-state index in [-0.39, 0.29) is 5.78 Å². The first-order valence-electron chi connectivity index (χ1n) is 4.23. The molecule has 0 aliphatic carbocycles. The summed E-state index contributed by atoms with van der Waals surface area (Å²) in [7, 11) is 1.63. The molecule has 1 aromatic rings. The zero-order valence-electron chi connectivity index (χ0n) is 8.47. The minimum atomic E-state index is 0.100. The Kier molecular flexibility index (Phi) is 2.71. The van der Waals surface area contributed by atoms with Gasteiger partial charge in [-0.05, 0) is 44.0 Å². The Morgan fingerprint density at radius 2 is 1.85 bits per heavy atom. The van der Waals surface area contributed by atoms with Crippen molar-refractivity contribution in [3.8, 4) is 5.75 Å². The van der Waals surface area contributed by atoms with E-state index in [1.807, 2.05) is 26.0 Å². The molecule has 2 heteroatoms. The van der Waals surface area contributed by atoms with Crippen molar-refractivity contribution in [1.82, 2.24) is 0 Å². The number of carbonyl (C=O) groups is 1. The highest BCUT2D eigenvalue weighted by Crippen LogP contribution is 2.23. The topological polar surface area (TPSA) is 26.3 Å². The van der Waals surface area contributed by atoms with Gasteiger partial charge in [0.1, 0.15) is 5.75 Å². The highest BCUT2D eigenvalue weighted by atomic mass is 16.5. The number of carbonyl (C=O) groups excluding carboxylic acids is 1. The molecule has 0 radical (unpaired) electrons. The van der Waals surface area contributed by atoms with Gasteiger partial charge in [-0.25, -0.2) is 0 Å². The molecule has 0 aromatic heterocycles. The zero-order chi connectivity index (χ0) is 10.0. The molecule has 0 bridgehead atoms. The Labute approximate surface area is 78.5 Å². The van der Waals surface area contributed by atoms with Gasteiger partial charge in [0.15, 0.2) is 5.78 Å². The number of Topliss-reactive ketones (excluding diaryl/α,β-unsaturated/α-hetero) is 1. The summed E-state index contributed by atoms with van der Waals surface area (Å²) >= 11 is 0. The fourth-order valence-electron chi connectivity index (χ4n) is 1.40. The van der Waals surface area contributed by atoms with Gasteiger partial charge in [0.2, 0.25) is 0 Å². The monoisotopic (exact) mass is 178 g/mol. The molecule has 0 amide bonds. The fraction of sp³-hybridized carbons (Fsp3) is 0.364. The van der Waals surface area contributed by atoms with Gasteiger partial charge in [0, 0.05) is 5.56 Å². The van der Waals surface area contributed by atoms with Gasteiger partial charge >= 0.3 is 0 Å². The molecule has 0 fully saturated rings. The zero-order valence-corrected chi connectivity index (χ0v) is 8.47. The molecule has 13 heavy (non-hydrogen) atoms. The largest absolute Gasteiger partial charge is 0.496 e. The summed E-state index contributed by atoms with van der Waals surface area (Å²) < 4.78 is 5.15. The van der Waals surface area contributed by atoms with Crippen LogP contribution in [0.2, 0.25) is 0 Å². The van der Waals surface area contributed by atoms with Crippen molar-refractivity contribution in [2.24, 2.45) is 0 Å². The van der Waals surface area contributed by atoms with Crippen LogP contribution in [0.15, 0.2) is 12.1 Å². The molecule has 0 saturated heterocycles. The number of hydrogen-bond acceptors (Lipinski definition) is 2. The Hall–Kier alpha value is -1.31. The molecule has 1 rings (SSSR count). The van der Waals surface area contributed by atoms with Crippen LogP contribution in [0.3, 0.4) is 0 Å². The standard InChI is InChI=1S/C11H14O2/c1-7-8(2)11(13-4)6-5-10(7)9(3)12/h5-6H,1-4H3. The molecule has 0 saturated carbocycles. The fourth-order valence-corrected chi connectivity index (χ4v) is 1.40. The van der Waals surface area contributed by atoms with Crippen molar-refractivity contribution in [3.63, 3.8) is 0 Å². The molecular formula is C11H14O2. The second-order valence-electron chi connectivity index (χ2n) is 3.12. The van der Waals surface area contributed by atoms with Crippen LogP contribution in [-0.4, -0.2) is 12.9 Å². The first kappa shape index (κ1) is 9.78. The third kappa shape index (κ3) is 1.72. The number of methoxy groups -OCH3 is 1. The van der Waals surface area contributed by atoms with Crippen molar-refractivity contribution in [2.75, 3.05) is 7.11 Å².